The van der Waals surface area contributed by atoms with E-state index in [0.717, 1.165) is 17.3 Å². The predicted molar refractivity (Wildman–Crippen MR) is 60.3 cm³/mol. The van der Waals surface area contributed by atoms with Gasteiger partial charge < -0.3 is 4.74 Å². The van der Waals surface area contributed by atoms with Gasteiger partial charge in [-0.3, -0.25) is 0 Å². The number of halogens is 2. The summed E-state index contributed by atoms with van der Waals surface area (Å²) in [5, 5.41) is 1.28. The van der Waals surface area contributed by atoms with Crippen molar-refractivity contribution in [3.05, 3.63) is 34.3 Å². The number of carbonyl (C=O) groups excluding carboxylic acids is 1. The summed E-state index contributed by atoms with van der Waals surface area (Å²) in [5.74, 6) is -0.397. The number of esters is 1. The highest BCUT2D eigenvalue weighted by Gasteiger charge is 2.10. The first-order valence-electron chi connectivity index (χ1n) is 4.11. The third kappa shape index (κ3) is 2.72. The average molecular weight is 278 g/mol. The molecule has 14 heavy (non-hydrogen) atoms. The van der Waals surface area contributed by atoms with Gasteiger partial charge in [0.25, 0.3) is 0 Å². The number of aryl methyl sites for hydroxylation is 1. The van der Waals surface area contributed by atoms with E-state index in [1.54, 1.807) is 12.1 Å². The number of methoxy groups -OCH3 is 1. The summed E-state index contributed by atoms with van der Waals surface area (Å²) in [5.41, 5.74) is 1.49. The molecule has 0 aliphatic carbocycles. The topological polar surface area (TPSA) is 26.3 Å². The van der Waals surface area contributed by atoms with Crippen LogP contribution in [0.4, 0.5) is 0 Å². The van der Waals surface area contributed by atoms with Crippen molar-refractivity contribution in [2.24, 2.45) is 0 Å². The first kappa shape index (κ1) is 11.5. The van der Waals surface area contributed by atoms with Crippen molar-refractivity contribution < 1.29 is 9.53 Å². The quantitative estimate of drug-likeness (QED) is 0.627. The molecule has 0 fully saturated rings. The van der Waals surface area contributed by atoms with E-state index in [1.165, 1.54) is 7.11 Å². The van der Waals surface area contributed by atoms with Gasteiger partial charge in [0.05, 0.1) is 17.7 Å². The Kier molecular flexibility index (Phi) is 4.42. The van der Waals surface area contributed by atoms with Crippen LogP contribution in [0.2, 0.25) is 5.02 Å². The third-order valence-corrected chi connectivity index (χ3v) is 2.55. The highest BCUT2D eigenvalue weighted by molar-refractivity contribution is 9.09. The lowest BCUT2D eigenvalue weighted by atomic mass is 10.1. The molecule has 0 atom stereocenters. The lowest BCUT2D eigenvalue weighted by Gasteiger charge is -2.04. The molecule has 0 spiro atoms. The number of benzene rings is 1. The zero-order valence-electron chi connectivity index (χ0n) is 7.72. The molecule has 0 radical (unpaired) electrons. The van der Waals surface area contributed by atoms with Gasteiger partial charge in [-0.05, 0) is 24.1 Å². The van der Waals surface area contributed by atoms with E-state index in [1.807, 2.05) is 6.07 Å². The van der Waals surface area contributed by atoms with Crippen LogP contribution in [0.3, 0.4) is 0 Å². The number of alkyl halides is 1. The Morgan fingerprint density at radius 2 is 2.29 bits per heavy atom. The average Bonchev–Trinajstić information content (AvgIpc) is 2.20. The second-order valence-electron chi connectivity index (χ2n) is 2.74. The Hall–Kier alpha value is -0.540. The van der Waals surface area contributed by atoms with Crippen molar-refractivity contribution in [2.75, 3.05) is 12.4 Å². The van der Waals surface area contributed by atoms with Crippen LogP contribution in [0.1, 0.15) is 15.9 Å². The van der Waals surface area contributed by atoms with Gasteiger partial charge in [0.2, 0.25) is 0 Å². The zero-order valence-corrected chi connectivity index (χ0v) is 10.1. The summed E-state index contributed by atoms with van der Waals surface area (Å²) in [6.07, 6.45) is 0.862. The zero-order chi connectivity index (χ0) is 10.6. The molecule has 1 aromatic rings. The van der Waals surface area contributed by atoms with Crippen LogP contribution in [0.15, 0.2) is 18.2 Å². The molecule has 0 aliphatic heterocycles. The number of ether oxygens (including phenoxy) is 1. The van der Waals surface area contributed by atoms with Crippen LogP contribution in [-0.4, -0.2) is 18.4 Å². The van der Waals surface area contributed by atoms with Crippen LogP contribution >= 0.6 is 27.5 Å². The lowest BCUT2D eigenvalue weighted by molar-refractivity contribution is 0.0601. The summed E-state index contributed by atoms with van der Waals surface area (Å²) < 4.78 is 4.62. The maximum atomic E-state index is 11.3. The molecule has 0 amide bonds. The maximum Gasteiger partial charge on any atom is 0.339 e. The van der Waals surface area contributed by atoms with Gasteiger partial charge in [-0.2, -0.15) is 0 Å². The fourth-order valence-electron chi connectivity index (χ4n) is 1.10. The van der Waals surface area contributed by atoms with Gasteiger partial charge in [0, 0.05) is 5.33 Å². The van der Waals surface area contributed by atoms with Gasteiger partial charge in [-0.25, -0.2) is 4.79 Å². The number of carbonyl (C=O) groups is 1. The molecule has 0 aliphatic rings. The van der Waals surface area contributed by atoms with Crippen LogP contribution in [0.25, 0.3) is 0 Å². The first-order chi connectivity index (χ1) is 6.69. The van der Waals surface area contributed by atoms with Crippen molar-refractivity contribution in [3.8, 4) is 0 Å². The van der Waals surface area contributed by atoms with Crippen molar-refractivity contribution >= 4 is 33.5 Å². The van der Waals surface area contributed by atoms with E-state index in [9.17, 15) is 4.79 Å². The Labute approximate surface area is 96.3 Å². The van der Waals surface area contributed by atoms with E-state index in [-0.39, 0.29) is 0 Å². The summed E-state index contributed by atoms with van der Waals surface area (Å²) in [6.45, 7) is 0. The van der Waals surface area contributed by atoms with Crippen LogP contribution < -0.4 is 0 Å². The molecule has 0 bridgehead atoms. The number of hydrogen-bond acceptors (Lipinski definition) is 2. The van der Waals surface area contributed by atoms with Crippen LogP contribution in [0.5, 0.6) is 0 Å². The van der Waals surface area contributed by atoms with E-state index in [0.29, 0.717) is 10.6 Å². The lowest BCUT2D eigenvalue weighted by Crippen LogP contribution is -2.03. The summed E-state index contributed by atoms with van der Waals surface area (Å²) in [4.78, 5) is 11.3. The largest absolute Gasteiger partial charge is 0.465 e. The third-order valence-electron chi connectivity index (χ3n) is 1.82. The molecular weight excluding hydrogens is 267 g/mol. The molecule has 0 saturated carbocycles. The molecule has 4 heteroatoms. The summed E-state index contributed by atoms with van der Waals surface area (Å²) >= 11 is 9.19. The second kappa shape index (κ2) is 5.37. The van der Waals surface area contributed by atoms with E-state index >= 15 is 0 Å². The molecule has 1 rings (SSSR count). The summed E-state index contributed by atoms with van der Waals surface area (Å²) in [6, 6.07) is 5.37. The fourth-order valence-corrected chi connectivity index (χ4v) is 1.76. The Morgan fingerprint density at radius 1 is 1.57 bits per heavy atom. The Balaban J connectivity index is 3.01. The first-order valence-corrected chi connectivity index (χ1v) is 5.61. The van der Waals surface area contributed by atoms with Crippen molar-refractivity contribution in [3.63, 3.8) is 0 Å². The highest BCUT2D eigenvalue weighted by Crippen LogP contribution is 2.19. The number of rotatable bonds is 3. The van der Waals surface area contributed by atoms with E-state index in [2.05, 4.69) is 20.7 Å². The molecule has 1 aromatic carbocycles. The highest BCUT2D eigenvalue weighted by atomic mass is 79.9. The van der Waals surface area contributed by atoms with Gasteiger partial charge >= 0.3 is 5.97 Å². The second-order valence-corrected chi connectivity index (χ2v) is 3.94. The number of hydrogen-bond donors (Lipinski definition) is 0. The van der Waals surface area contributed by atoms with Gasteiger partial charge in [0.15, 0.2) is 0 Å². The van der Waals surface area contributed by atoms with Gasteiger partial charge in [-0.15, -0.1) is 0 Å². The Bertz CT molecular complexity index is 339. The van der Waals surface area contributed by atoms with Crippen molar-refractivity contribution in [1.29, 1.82) is 0 Å². The Morgan fingerprint density at radius 3 is 2.86 bits per heavy atom. The van der Waals surface area contributed by atoms with Gasteiger partial charge in [0.1, 0.15) is 0 Å². The molecule has 76 valence electrons. The minimum Gasteiger partial charge on any atom is -0.465 e. The molecule has 0 unspecified atom stereocenters. The van der Waals surface area contributed by atoms with E-state index < -0.39 is 5.97 Å². The van der Waals surface area contributed by atoms with Gasteiger partial charge in [-0.1, -0.05) is 33.6 Å². The minimum atomic E-state index is -0.397. The molecule has 2 nitrogen and oxygen atoms in total. The molecule has 0 heterocycles. The molecular formula is C10H10BrClO2. The molecule has 0 aromatic heterocycles. The van der Waals surface area contributed by atoms with Crippen molar-refractivity contribution in [1.82, 2.24) is 0 Å². The van der Waals surface area contributed by atoms with E-state index in [4.69, 9.17) is 11.6 Å². The van der Waals surface area contributed by atoms with Crippen LogP contribution in [0, 0.1) is 0 Å². The molecule has 0 N–H and O–H groups in total. The van der Waals surface area contributed by atoms with Crippen LogP contribution in [-0.2, 0) is 11.2 Å². The maximum absolute atomic E-state index is 11.3. The standard InChI is InChI=1S/C10H10BrClO2/c1-14-10(13)8-6-7(4-5-11)2-3-9(8)12/h2-3,6H,4-5H2,1H3. The minimum absolute atomic E-state index is 0.397. The smallest absolute Gasteiger partial charge is 0.339 e. The predicted octanol–water partition coefficient (Wildman–Crippen LogP) is 3.06. The van der Waals surface area contributed by atoms with Crippen molar-refractivity contribution in [2.45, 2.75) is 6.42 Å². The summed E-state index contributed by atoms with van der Waals surface area (Å²) in [7, 11) is 1.34. The molecule has 0 saturated heterocycles. The monoisotopic (exact) mass is 276 g/mol. The fraction of sp³-hybridized carbons (Fsp3) is 0.300. The SMILES string of the molecule is COC(=O)c1cc(CCBr)ccc1Cl. The normalized spacial score (nSPS) is 9.93.